The first kappa shape index (κ1) is 23.8. The first-order chi connectivity index (χ1) is 16.7. The van der Waals surface area contributed by atoms with Crippen molar-refractivity contribution in [1.29, 1.82) is 0 Å². The summed E-state index contributed by atoms with van der Waals surface area (Å²) in [7, 11) is 3.21. The molecule has 1 saturated heterocycles. The third-order valence-corrected chi connectivity index (χ3v) is 6.25. The highest BCUT2D eigenvalue weighted by molar-refractivity contribution is 6.07. The Labute approximate surface area is 201 Å². The Balaban J connectivity index is 1.46. The zero-order chi connectivity index (χ0) is 23.8. The molecule has 3 aromatic rings. The van der Waals surface area contributed by atoms with Gasteiger partial charge in [0.15, 0.2) is 11.5 Å². The van der Waals surface area contributed by atoms with Crippen LogP contribution in [0, 0.1) is 0 Å². The number of carbonyl (C=O) groups excluding carboxylic acids is 1. The maximum Gasteiger partial charge on any atom is 0.252 e. The summed E-state index contributed by atoms with van der Waals surface area (Å²) in [5.74, 6) is 1.79. The van der Waals surface area contributed by atoms with Crippen LogP contribution < -0.4 is 20.1 Å². The van der Waals surface area contributed by atoms with Gasteiger partial charge in [0.05, 0.1) is 25.3 Å². The number of nitrogens with zero attached hydrogens (tertiary/aromatic N) is 2. The van der Waals surface area contributed by atoms with E-state index in [2.05, 4.69) is 15.5 Å². The number of anilines is 2. The molecule has 0 unspecified atom stereocenters. The van der Waals surface area contributed by atoms with Crippen LogP contribution in [0.4, 0.5) is 11.5 Å². The molecule has 1 amide bonds. The lowest BCUT2D eigenvalue weighted by Gasteiger charge is -2.19. The van der Waals surface area contributed by atoms with Crippen molar-refractivity contribution in [2.24, 2.45) is 0 Å². The molecule has 7 nitrogen and oxygen atoms in total. The van der Waals surface area contributed by atoms with E-state index in [1.807, 2.05) is 48.5 Å². The third kappa shape index (κ3) is 5.97. The summed E-state index contributed by atoms with van der Waals surface area (Å²) in [5.41, 5.74) is 2.18. The van der Waals surface area contributed by atoms with Crippen LogP contribution in [0.3, 0.4) is 0 Å². The van der Waals surface area contributed by atoms with Crippen LogP contribution in [0.1, 0.15) is 42.5 Å². The van der Waals surface area contributed by atoms with Crippen molar-refractivity contribution in [1.82, 2.24) is 15.2 Å². The fourth-order valence-corrected chi connectivity index (χ4v) is 4.45. The number of aromatic nitrogens is 1. The number of amides is 1. The number of ether oxygens (including phenoxy) is 2. The molecule has 180 valence electrons. The monoisotopic (exact) mass is 462 g/mol. The molecule has 1 aromatic heterocycles. The minimum atomic E-state index is -0.0789. The lowest BCUT2D eigenvalue weighted by atomic mass is 10.1. The van der Waals surface area contributed by atoms with Crippen LogP contribution in [0.25, 0.3) is 10.9 Å². The average molecular weight is 463 g/mol. The van der Waals surface area contributed by atoms with Crippen LogP contribution in [0.5, 0.6) is 11.5 Å². The number of para-hydroxylation sites is 1. The summed E-state index contributed by atoms with van der Waals surface area (Å²) in [6.07, 6.45) is 6.19. The first-order valence-electron chi connectivity index (χ1n) is 12.1. The van der Waals surface area contributed by atoms with Gasteiger partial charge in [0.2, 0.25) is 0 Å². The second-order valence-electron chi connectivity index (χ2n) is 8.63. The number of likely N-dealkylation sites (tertiary alicyclic amines) is 1. The molecular weight excluding hydrogens is 428 g/mol. The van der Waals surface area contributed by atoms with E-state index < -0.39 is 0 Å². The Bertz CT molecular complexity index is 1110. The molecule has 0 saturated carbocycles. The number of nitrogens with one attached hydrogen (secondary N) is 2. The van der Waals surface area contributed by atoms with Gasteiger partial charge in [0.1, 0.15) is 5.82 Å². The highest BCUT2D eigenvalue weighted by Crippen LogP contribution is 2.31. The minimum Gasteiger partial charge on any atom is -0.493 e. The van der Waals surface area contributed by atoms with Crippen LogP contribution in [-0.4, -0.2) is 56.2 Å². The first-order valence-corrected chi connectivity index (χ1v) is 12.1. The molecule has 0 radical (unpaired) electrons. The van der Waals surface area contributed by atoms with Gasteiger partial charge in [-0.05, 0) is 63.2 Å². The normalized spacial score (nSPS) is 14.4. The van der Waals surface area contributed by atoms with E-state index in [-0.39, 0.29) is 5.91 Å². The molecular formula is C27H34N4O3. The van der Waals surface area contributed by atoms with Crippen LogP contribution in [-0.2, 0) is 0 Å². The van der Waals surface area contributed by atoms with Gasteiger partial charge >= 0.3 is 0 Å². The van der Waals surface area contributed by atoms with Gasteiger partial charge in [-0.3, -0.25) is 4.79 Å². The van der Waals surface area contributed by atoms with Crippen LogP contribution >= 0.6 is 0 Å². The number of pyridine rings is 1. The number of hydrogen-bond donors (Lipinski definition) is 2. The zero-order valence-corrected chi connectivity index (χ0v) is 20.1. The van der Waals surface area contributed by atoms with E-state index in [4.69, 9.17) is 14.5 Å². The van der Waals surface area contributed by atoms with Crippen LogP contribution in [0.2, 0.25) is 0 Å². The van der Waals surface area contributed by atoms with E-state index >= 15 is 0 Å². The predicted octanol–water partition coefficient (Wildman–Crippen LogP) is 4.99. The largest absolute Gasteiger partial charge is 0.493 e. The van der Waals surface area contributed by atoms with Crippen molar-refractivity contribution in [3.63, 3.8) is 0 Å². The number of fused-ring (bicyclic) bond motifs is 1. The van der Waals surface area contributed by atoms with E-state index in [0.29, 0.717) is 29.4 Å². The van der Waals surface area contributed by atoms with Crippen molar-refractivity contribution < 1.29 is 14.3 Å². The van der Waals surface area contributed by atoms with Gasteiger partial charge in [-0.2, -0.15) is 0 Å². The molecule has 2 heterocycles. The standard InChI is InChI=1S/C27H34N4O3/c1-33-24-13-12-20(18-25(24)34-2)29-26-19-22(21-10-5-6-11-23(21)30-26)27(32)28-14-9-17-31-15-7-3-4-8-16-31/h5-6,10-13,18-19H,3-4,7-9,14-17H2,1-2H3,(H,28,32)(H,29,30). The summed E-state index contributed by atoms with van der Waals surface area (Å²) in [6.45, 7) is 4.04. The number of methoxy groups -OCH3 is 2. The lowest BCUT2D eigenvalue weighted by Crippen LogP contribution is -2.30. The average Bonchev–Trinajstić information content (AvgIpc) is 3.15. The van der Waals surface area contributed by atoms with E-state index in [1.54, 1.807) is 14.2 Å². The molecule has 2 N–H and O–H groups in total. The summed E-state index contributed by atoms with van der Waals surface area (Å²) in [4.78, 5) is 20.4. The topological polar surface area (TPSA) is 75.7 Å². The SMILES string of the molecule is COc1ccc(Nc2cc(C(=O)NCCCN3CCCCCC3)c3ccccc3n2)cc1OC. The Hall–Kier alpha value is -3.32. The molecule has 4 rings (SSSR count). The molecule has 0 spiro atoms. The molecule has 0 atom stereocenters. The maximum atomic E-state index is 13.1. The van der Waals surface area contributed by atoms with Gasteiger partial charge in [-0.25, -0.2) is 4.98 Å². The van der Waals surface area contributed by atoms with Gasteiger partial charge in [-0.15, -0.1) is 0 Å². The summed E-state index contributed by atoms with van der Waals surface area (Å²) in [6, 6.07) is 15.1. The smallest absolute Gasteiger partial charge is 0.252 e. The number of hydrogen-bond acceptors (Lipinski definition) is 6. The molecule has 1 aliphatic rings. The van der Waals surface area contributed by atoms with Gasteiger partial charge in [-0.1, -0.05) is 31.0 Å². The minimum absolute atomic E-state index is 0.0789. The molecule has 7 heteroatoms. The fourth-order valence-electron chi connectivity index (χ4n) is 4.45. The van der Waals surface area contributed by atoms with Crippen molar-refractivity contribution in [2.45, 2.75) is 32.1 Å². The highest BCUT2D eigenvalue weighted by atomic mass is 16.5. The molecule has 2 aromatic carbocycles. The Kier molecular flexibility index (Phi) is 8.20. The summed E-state index contributed by atoms with van der Waals surface area (Å²) < 4.78 is 10.7. The Morgan fingerprint density at radius 2 is 1.74 bits per heavy atom. The van der Waals surface area contributed by atoms with Gasteiger partial charge in [0.25, 0.3) is 5.91 Å². The fraction of sp³-hybridized carbons (Fsp3) is 0.407. The van der Waals surface area contributed by atoms with E-state index in [1.165, 1.54) is 38.8 Å². The molecule has 1 aliphatic heterocycles. The molecule has 0 aliphatic carbocycles. The van der Waals surface area contributed by atoms with Gasteiger partial charge in [0, 0.05) is 23.7 Å². The molecule has 34 heavy (non-hydrogen) atoms. The quantitative estimate of drug-likeness (QED) is 0.436. The van der Waals surface area contributed by atoms with Gasteiger partial charge < -0.3 is 25.0 Å². The zero-order valence-electron chi connectivity index (χ0n) is 20.1. The number of carbonyl (C=O) groups is 1. The van der Waals surface area contributed by atoms with E-state index in [0.717, 1.165) is 29.6 Å². The number of benzene rings is 2. The van der Waals surface area contributed by atoms with Crippen molar-refractivity contribution in [3.8, 4) is 11.5 Å². The molecule has 1 fully saturated rings. The second kappa shape index (κ2) is 11.7. The van der Waals surface area contributed by atoms with Crippen molar-refractivity contribution in [3.05, 3.63) is 54.1 Å². The lowest BCUT2D eigenvalue weighted by molar-refractivity contribution is 0.0953. The van der Waals surface area contributed by atoms with Crippen molar-refractivity contribution in [2.75, 3.05) is 45.7 Å². The highest BCUT2D eigenvalue weighted by Gasteiger charge is 2.14. The molecule has 0 bridgehead atoms. The third-order valence-electron chi connectivity index (χ3n) is 6.25. The number of rotatable bonds is 9. The Morgan fingerprint density at radius 1 is 0.971 bits per heavy atom. The second-order valence-corrected chi connectivity index (χ2v) is 8.63. The van der Waals surface area contributed by atoms with Crippen LogP contribution in [0.15, 0.2) is 48.5 Å². The van der Waals surface area contributed by atoms with E-state index in [9.17, 15) is 4.79 Å². The summed E-state index contributed by atoms with van der Waals surface area (Å²) >= 11 is 0. The summed E-state index contributed by atoms with van der Waals surface area (Å²) in [5, 5.41) is 7.25. The maximum absolute atomic E-state index is 13.1. The van der Waals surface area contributed by atoms with Crippen molar-refractivity contribution >= 4 is 28.3 Å². The Morgan fingerprint density at radius 3 is 2.50 bits per heavy atom. The predicted molar refractivity (Wildman–Crippen MR) is 136 cm³/mol.